The van der Waals surface area contributed by atoms with Crippen molar-refractivity contribution in [1.82, 2.24) is 4.57 Å². The molecule has 4 heterocycles. The first-order valence-electron chi connectivity index (χ1n) is 42.3. The van der Waals surface area contributed by atoms with Crippen molar-refractivity contribution in [1.29, 1.82) is 5.26 Å². The van der Waals surface area contributed by atoms with E-state index in [9.17, 15) is 43.6 Å². The minimum atomic E-state index is -2.16. The summed E-state index contributed by atoms with van der Waals surface area (Å²) in [6.07, 6.45) is 0. The summed E-state index contributed by atoms with van der Waals surface area (Å²) in [5, 5.41) is 10.2. The molecule has 0 fully saturated rings. The molecule has 0 unspecified atom stereocenters. The van der Waals surface area contributed by atoms with Gasteiger partial charge in [0.25, 0.3) is 6.71 Å². The quantitative estimate of drug-likeness (QED) is 0.161. The van der Waals surface area contributed by atoms with E-state index in [1.807, 2.05) is 6.07 Å². The number of nitriles is 1. The molecule has 1 aromatic heterocycles. The van der Waals surface area contributed by atoms with Crippen molar-refractivity contribution in [3.63, 3.8) is 0 Å². The molecule has 0 spiro atoms. The average molecular weight is 1080 g/mol. The van der Waals surface area contributed by atoms with Crippen molar-refractivity contribution in [2.75, 3.05) is 14.7 Å². The molecule has 0 saturated heterocycles. The van der Waals surface area contributed by atoms with Crippen LogP contribution in [0.15, 0.2) is 193 Å². The van der Waals surface area contributed by atoms with E-state index in [0.717, 1.165) is 0 Å². The van der Waals surface area contributed by atoms with Gasteiger partial charge in [-0.1, -0.05) is 180 Å². The third-order valence-electron chi connectivity index (χ3n) is 14.7. The highest BCUT2D eigenvalue weighted by molar-refractivity contribution is 7.00. The normalized spacial score (nSPS) is 19.1. The Balaban J connectivity index is 1.27. The van der Waals surface area contributed by atoms with E-state index in [1.54, 1.807) is 83.1 Å². The first-order valence-corrected chi connectivity index (χ1v) is 26.3. The smallest absolute Gasteiger partial charge is 0.252 e. The Morgan fingerprint density at radius 1 is 0.432 bits per heavy atom. The van der Waals surface area contributed by atoms with Crippen LogP contribution in [0, 0.1) is 11.3 Å². The third-order valence-corrected chi connectivity index (χ3v) is 14.7. The Kier molecular flexibility index (Phi) is 5.79. The monoisotopic (exact) mass is 1080 g/mol. The molecular formula is C75H68BN5. The highest BCUT2D eigenvalue weighted by atomic mass is 15.2. The molecule has 0 saturated carbocycles. The lowest BCUT2D eigenvalue weighted by atomic mass is 9.33. The second-order valence-electron chi connectivity index (χ2n) is 24.4. The van der Waals surface area contributed by atoms with Crippen LogP contribution in [0.25, 0.3) is 49.4 Å². The Morgan fingerprint density at radius 3 is 1.64 bits per heavy atom. The number of rotatable bonds is 5. The van der Waals surface area contributed by atoms with Crippen LogP contribution in [-0.4, -0.2) is 11.3 Å². The molecule has 3 aliphatic rings. The van der Waals surface area contributed by atoms with Crippen LogP contribution in [0.5, 0.6) is 0 Å². The van der Waals surface area contributed by atoms with Gasteiger partial charge in [-0.3, -0.25) is 0 Å². The fourth-order valence-corrected chi connectivity index (χ4v) is 10.5. The Morgan fingerprint density at radius 2 is 1.01 bits per heavy atom. The average Bonchev–Trinajstić information content (AvgIpc) is 1.64. The minimum absolute atomic E-state index is 0.0420. The molecule has 5 nitrogen and oxygen atoms in total. The second-order valence-corrected chi connectivity index (χ2v) is 24.4. The molecule has 11 aromatic rings. The number of nitrogens with zero attached hydrogens (tertiary/aromatic N) is 5. The molecule has 81 heavy (non-hydrogen) atoms. The van der Waals surface area contributed by atoms with Crippen LogP contribution in [0.2, 0.25) is 0 Å². The number of aromatic nitrogens is 1. The minimum Gasteiger partial charge on any atom is -0.311 e. The van der Waals surface area contributed by atoms with Gasteiger partial charge in [0, 0.05) is 50.6 Å². The van der Waals surface area contributed by atoms with Crippen LogP contribution in [0.3, 0.4) is 0 Å². The van der Waals surface area contributed by atoms with E-state index >= 15 is 0 Å². The van der Waals surface area contributed by atoms with E-state index in [2.05, 4.69) is 0 Å². The number of fused-ring (bicyclic) bond motifs is 10. The van der Waals surface area contributed by atoms with Gasteiger partial charge in [-0.15, -0.1) is 0 Å². The van der Waals surface area contributed by atoms with Gasteiger partial charge < -0.3 is 19.3 Å². The van der Waals surface area contributed by atoms with Crippen LogP contribution in [0.4, 0.5) is 51.2 Å². The van der Waals surface area contributed by atoms with Gasteiger partial charge in [-0.05, 0) is 179 Å². The summed E-state index contributed by atoms with van der Waals surface area (Å²) in [5.41, 5.74) is -17.8. The van der Waals surface area contributed by atoms with Crippen LogP contribution in [0.1, 0.15) is 155 Å². The zero-order valence-electron chi connectivity index (χ0n) is 78.3. The van der Waals surface area contributed by atoms with Crippen molar-refractivity contribution in [2.24, 2.45) is 0 Å². The SMILES string of the molecule is [2H]c1c([2H])c2c3c(c1[2H])-n1c4c([2H])c([2H])c(C(C)(C)C)c([2H])c4c4c([2H])c(C(C)(C)C)c([2H])c(c41)N3c1c([2H])c(C#N)c([2H])c3c1B2c1c([2H])c([2H])c(N(c2c([2H])c([2H])c(C(C)(C)C)c([2H])c2[2H])c2c([2H])c([2H])c(C(C)(C)C)c([2H])c2[2H])c([2H])c1N3c1c([2H])c([2H])c(-c2c([2H])c([2H])c3c([2H])c([2H])c([2H])c([2H])c3c2[2H])c([2H])c1[2H]. The standard InChI is InChI=1S/C75H68BN5/c1-72(2,3)51-24-31-55(32-25-51)78(56-33-26-52(27-34-56)73(4,5)6)58-35-36-61-65(44-58)79(57-29-22-48(23-30-57)50-21-20-47-16-13-14-17-49(47)40-50)66-38-46(45-77)39-67-69(66)76(61)62-18-15-19-64-71(62)81(67)68-43-54(75(10,11)12)42-60-59-41-53(74(7,8)9)28-37-63(59)80(64)70(60)68/h13-44H,1-12H3/i13D,14D,15D,16D,17D,18D,19D,20D,21D,22D,23D,24D,25D,26D,27D,28D,29D,30D,31D,32D,33D,34D,35D,36D,37D,38D,39D,40D,41D,42D,43D,44D. The van der Waals surface area contributed by atoms with E-state index in [-0.39, 0.29) is 61.8 Å². The van der Waals surface area contributed by atoms with Gasteiger partial charge in [0.05, 0.1) is 83.6 Å². The van der Waals surface area contributed by atoms with Gasteiger partial charge in [-0.25, -0.2) is 0 Å². The van der Waals surface area contributed by atoms with Crippen molar-refractivity contribution >= 4 is 107 Å². The lowest BCUT2D eigenvalue weighted by Gasteiger charge is -2.46. The second kappa shape index (κ2) is 17.6. The van der Waals surface area contributed by atoms with Gasteiger partial charge in [0.15, 0.2) is 0 Å². The van der Waals surface area contributed by atoms with Crippen LogP contribution >= 0.6 is 0 Å². The molecule has 0 amide bonds. The third kappa shape index (κ3) is 7.95. The molecule has 0 N–H and O–H groups in total. The predicted molar refractivity (Wildman–Crippen MR) is 346 cm³/mol. The number of hydrogen-bond acceptors (Lipinski definition) is 4. The number of para-hydroxylation sites is 1. The number of benzene rings is 10. The summed E-state index contributed by atoms with van der Waals surface area (Å²) in [4.78, 5) is 2.40. The fourth-order valence-electron chi connectivity index (χ4n) is 10.5. The molecule has 3 aliphatic heterocycles. The van der Waals surface area contributed by atoms with Gasteiger partial charge in [-0.2, -0.15) is 5.26 Å². The lowest BCUT2D eigenvalue weighted by molar-refractivity contribution is 0.590. The summed E-state index contributed by atoms with van der Waals surface area (Å²) < 4.78 is 318. The largest absolute Gasteiger partial charge is 0.311 e. The van der Waals surface area contributed by atoms with Crippen molar-refractivity contribution in [2.45, 2.75) is 105 Å². The molecule has 0 aliphatic carbocycles. The van der Waals surface area contributed by atoms with Crippen molar-refractivity contribution in [3.05, 3.63) is 221 Å². The molecule has 0 atom stereocenters. The molecule has 0 bridgehead atoms. The maximum Gasteiger partial charge on any atom is 0.252 e. The zero-order valence-corrected chi connectivity index (χ0v) is 46.3. The summed E-state index contributed by atoms with van der Waals surface area (Å²) >= 11 is 0. The molecule has 10 aromatic carbocycles. The van der Waals surface area contributed by atoms with Crippen molar-refractivity contribution in [3.8, 4) is 22.9 Å². The molecule has 6 heteroatoms. The highest BCUT2D eigenvalue weighted by Gasteiger charge is 2.47. The Hall–Kier alpha value is -8.79. The van der Waals surface area contributed by atoms with E-state index < -0.39 is 305 Å². The Labute approximate surface area is 523 Å². The highest BCUT2D eigenvalue weighted by Crippen LogP contribution is 2.54. The summed E-state index contributed by atoms with van der Waals surface area (Å²) in [6.45, 7) is 17.5. The van der Waals surface area contributed by atoms with E-state index in [4.69, 9.17) is 5.48 Å². The summed E-state index contributed by atoms with van der Waals surface area (Å²) in [5.74, 6) is 0. The maximum absolute atomic E-state index is 11.7. The first-order chi connectivity index (χ1) is 52.1. The van der Waals surface area contributed by atoms with Crippen molar-refractivity contribution < 1.29 is 43.9 Å². The fraction of sp³-hybridized carbons (Fsp3) is 0.213. The number of anilines is 9. The maximum atomic E-state index is 11.7. The van der Waals surface area contributed by atoms with Gasteiger partial charge in [0.2, 0.25) is 0 Å². The molecule has 14 rings (SSSR count). The van der Waals surface area contributed by atoms with Gasteiger partial charge in [0.1, 0.15) is 0 Å². The van der Waals surface area contributed by atoms with Crippen LogP contribution < -0.4 is 31.1 Å². The van der Waals surface area contributed by atoms with E-state index in [0.29, 0.717) is 9.80 Å². The Bertz CT molecular complexity index is 6260. The first kappa shape index (κ1) is 26.7. The molecule has 0 radical (unpaired) electrons. The van der Waals surface area contributed by atoms with Crippen LogP contribution in [-0.2, 0) is 21.7 Å². The lowest BCUT2D eigenvalue weighted by Crippen LogP contribution is -2.61. The van der Waals surface area contributed by atoms with Gasteiger partial charge >= 0.3 is 0 Å². The van der Waals surface area contributed by atoms with E-state index in [1.165, 1.54) is 9.47 Å². The predicted octanol–water partition coefficient (Wildman–Crippen LogP) is 18.5. The summed E-state index contributed by atoms with van der Waals surface area (Å²) in [6, 6.07) is -26.8. The number of hydrogen-bond donors (Lipinski definition) is 0. The summed E-state index contributed by atoms with van der Waals surface area (Å²) in [7, 11) is 0. The topological polar surface area (TPSA) is 38.4 Å². The molecule has 396 valence electrons. The molecular weight excluding hydrogens is 982 g/mol. The zero-order chi connectivity index (χ0) is 84.1.